The van der Waals surface area contributed by atoms with Gasteiger partial charge in [0, 0.05) is 11.8 Å². The lowest BCUT2D eigenvalue weighted by Gasteiger charge is -2.48. The summed E-state index contributed by atoms with van der Waals surface area (Å²) in [4.78, 5) is 13.4. The number of hydrogen-bond donors (Lipinski definition) is 0. The summed E-state index contributed by atoms with van der Waals surface area (Å²) in [6.45, 7) is 13.9. The number of rotatable bonds is 2. The molecular formula is C19H34O. The maximum Gasteiger partial charge on any atom is 0.140 e. The van der Waals surface area contributed by atoms with Crippen LogP contribution in [0.3, 0.4) is 0 Å². The van der Waals surface area contributed by atoms with Crippen molar-refractivity contribution in [3.8, 4) is 0 Å². The Bertz CT molecular complexity index is 332. The van der Waals surface area contributed by atoms with Crippen LogP contribution in [0.25, 0.3) is 0 Å². The third-order valence-corrected chi connectivity index (χ3v) is 6.40. The molecule has 0 spiro atoms. The second kappa shape index (κ2) is 5.46. The third-order valence-electron chi connectivity index (χ3n) is 6.40. The SMILES string of the molecule is C[C@H]1CCCC(C)(C)[C@H]1C(=O)[C@H]1[C@@H](C)CCCC1(C)C. The van der Waals surface area contributed by atoms with Gasteiger partial charge in [-0.3, -0.25) is 4.79 Å². The number of ketones is 1. The van der Waals surface area contributed by atoms with Crippen molar-refractivity contribution in [2.24, 2.45) is 34.5 Å². The minimum absolute atomic E-state index is 0.196. The fourth-order valence-electron chi connectivity index (χ4n) is 5.47. The number of carbonyl (C=O) groups is 1. The van der Waals surface area contributed by atoms with Crippen molar-refractivity contribution in [1.29, 1.82) is 0 Å². The molecule has 1 nitrogen and oxygen atoms in total. The standard InChI is InChI=1S/C19H34O/c1-13-9-7-11-18(3,4)15(13)17(20)16-14(2)10-8-12-19(16,5)6/h13-16H,7-12H2,1-6H3/t13-,14-,15+,16+/m0/s1. The van der Waals surface area contributed by atoms with Crippen LogP contribution in [0, 0.1) is 34.5 Å². The molecule has 2 rings (SSSR count). The summed E-state index contributed by atoms with van der Waals surface area (Å²) in [6.07, 6.45) is 7.50. The van der Waals surface area contributed by atoms with Gasteiger partial charge in [0.15, 0.2) is 0 Å². The zero-order valence-electron chi connectivity index (χ0n) is 14.5. The average Bonchev–Trinajstić information content (AvgIpc) is 2.25. The fraction of sp³-hybridized carbons (Fsp3) is 0.947. The van der Waals surface area contributed by atoms with E-state index in [1.807, 2.05) is 0 Å². The summed E-state index contributed by atoms with van der Waals surface area (Å²) in [7, 11) is 0. The third kappa shape index (κ3) is 2.83. The van der Waals surface area contributed by atoms with Gasteiger partial charge in [-0.25, -0.2) is 0 Å². The Kier molecular flexibility index (Phi) is 4.38. The summed E-state index contributed by atoms with van der Waals surface area (Å²) >= 11 is 0. The Balaban J connectivity index is 2.28. The average molecular weight is 278 g/mol. The molecular weight excluding hydrogens is 244 g/mol. The van der Waals surface area contributed by atoms with Crippen molar-refractivity contribution in [2.45, 2.75) is 80.1 Å². The normalized spacial score (nSPS) is 40.3. The topological polar surface area (TPSA) is 17.1 Å². The van der Waals surface area contributed by atoms with Crippen molar-refractivity contribution >= 4 is 5.78 Å². The maximum absolute atomic E-state index is 13.4. The van der Waals surface area contributed by atoms with Crippen molar-refractivity contribution in [1.82, 2.24) is 0 Å². The van der Waals surface area contributed by atoms with E-state index < -0.39 is 0 Å². The van der Waals surface area contributed by atoms with Gasteiger partial charge in [-0.2, -0.15) is 0 Å². The van der Waals surface area contributed by atoms with Crippen molar-refractivity contribution in [3.05, 3.63) is 0 Å². The lowest BCUT2D eigenvalue weighted by molar-refractivity contribution is -0.143. The molecule has 0 aliphatic heterocycles. The first-order valence-corrected chi connectivity index (χ1v) is 8.70. The molecule has 2 aliphatic carbocycles. The van der Waals surface area contributed by atoms with Gasteiger partial charge in [-0.1, -0.05) is 54.4 Å². The molecule has 0 unspecified atom stereocenters. The van der Waals surface area contributed by atoms with E-state index in [0.717, 1.165) is 0 Å². The van der Waals surface area contributed by atoms with Crippen LogP contribution in [0.2, 0.25) is 0 Å². The molecule has 0 N–H and O–H groups in total. The van der Waals surface area contributed by atoms with E-state index in [-0.39, 0.29) is 22.7 Å². The lowest BCUT2D eigenvalue weighted by Crippen LogP contribution is -2.48. The number of Topliss-reactive ketones (excluding diaryl/α,β-unsaturated/α-hetero) is 1. The monoisotopic (exact) mass is 278 g/mol. The van der Waals surface area contributed by atoms with Gasteiger partial charge in [0.1, 0.15) is 5.78 Å². The van der Waals surface area contributed by atoms with Gasteiger partial charge in [0.25, 0.3) is 0 Å². The molecule has 2 aliphatic rings. The van der Waals surface area contributed by atoms with Gasteiger partial charge in [-0.15, -0.1) is 0 Å². The van der Waals surface area contributed by atoms with Crippen LogP contribution < -0.4 is 0 Å². The predicted molar refractivity (Wildman–Crippen MR) is 85.6 cm³/mol. The Labute approximate surface area is 125 Å². The highest BCUT2D eigenvalue weighted by Gasteiger charge is 2.49. The molecule has 2 fully saturated rings. The molecule has 20 heavy (non-hydrogen) atoms. The van der Waals surface area contributed by atoms with Gasteiger partial charge < -0.3 is 0 Å². The fourth-order valence-corrected chi connectivity index (χ4v) is 5.47. The second-order valence-electron chi connectivity index (χ2n) is 9.07. The summed E-state index contributed by atoms with van der Waals surface area (Å²) < 4.78 is 0. The van der Waals surface area contributed by atoms with Gasteiger partial charge in [-0.05, 0) is 48.3 Å². The molecule has 1 heteroatoms. The Morgan fingerprint density at radius 1 is 0.800 bits per heavy atom. The van der Waals surface area contributed by atoms with E-state index in [1.54, 1.807) is 0 Å². The van der Waals surface area contributed by atoms with Crippen molar-refractivity contribution in [3.63, 3.8) is 0 Å². The minimum atomic E-state index is 0.196. The molecule has 0 heterocycles. The first-order chi connectivity index (χ1) is 9.17. The maximum atomic E-state index is 13.4. The highest BCUT2D eigenvalue weighted by Crippen LogP contribution is 2.51. The second-order valence-corrected chi connectivity index (χ2v) is 9.07. The quantitative estimate of drug-likeness (QED) is 0.653. The lowest BCUT2D eigenvalue weighted by atomic mass is 9.55. The van der Waals surface area contributed by atoms with Crippen LogP contribution in [0.4, 0.5) is 0 Å². The molecule has 0 aromatic carbocycles. The Morgan fingerprint density at radius 3 is 1.45 bits per heavy atom. The summed E-state index contributed by atoms with van der Waals surface area (Å²) in [5.41, 5.74) is 0.393. The first-order valence-electron chi connectivity index (χ1n) is 8.70. The molecule has 0 bridgehead atoms. The van der Waals surface area contributed by atoms with E-state index >= 15 is 0 Å². The van der Waals surface area contributed by atoms with E-state index in [1.165, 1.54) is 38.5 Å². The van der Waals surface area contributed by atoms with Crippen molar-refractivity contribution < 1.29 is 4.79 Å². The molecule has 0 aromatic heterocycles. The zero-order chi connectivity index (χ0) is 15.1. The van der Waals surface area contributed by atoms with Crippen LogP contribution in [-0.2, 0) is 4.79 Å². The highest BCUT2D eigenvalue weighted by molar-refractivity contribution is 5.85. The van der Waals surface area contributed by atoms with E-state index in [9.17, 15) is 4.79 Å². The van der Waals surface area contributed by atoms with Crippen LogP contribution in [0.5, 0.6) is 0 Å². The van der Waals surface area contributed by atoms with Crippen molar-refractivity contribution in [2.75, 3.05) is 0 Å². The first kappa shape index (κ1) is 16.0. The summed E-state index contributed by atoms with van der Waals surface area (Å²) in [6, 6.07) is 0. The van der Waals surface area contributed by atoms with Crippen LogP contribution in [-0.4, -0.2) is 5.78 Å². The smallest absolute Gasteiger partial charge is 0.140 e. The van der Waals surface area contributed by atoms with E-state index in [0.29, 0.717) is 17.6 Å². The van der Waals surface area contributed by atoms with Crippen LogP contribution in [0.1, 0.15) is 80.1 Å². The molecule has 116 valence electrons. The van der Waals surface area contributed by atoms with Crippen LogP contribution >= 0.6 is 0 Å². The molecule has 0 radical (unpaired) electrons. The number of hydrogen-bond acceptors (Lipinski definition) is 1. The van der Waals surface area contributed by atoms with E-state index in [4.69, 9.17) is 0 Å². The minimum Gasteiger partial charge on any atom is -0.299 e. The van der Waals surface area contributed by atoms with E-state index in [2.05, 4.69) is 41.5 Å². The van der Waals surface area contributed by atoms with Gasteiger partial charge in [0.05, 0.1) is 0 Å². The highest BCUT2D eigenvalue weighted by atomic mass is 16.1. The van der Waals surface area contributed by atoms with Gasteiger partial charge >= 0.3 is 0 Å². The largest absolute Gasteiger partial charge is 0.299 e. The van der Waals surface area contributed by atoms with Crippen LogP contribution in [0.15, 0.2) is 0 Å². The Morgan fingerprint density at radius 2 is 1.15 bits per heavy atom. The number of carbonyl (C=O) groups excluding carboxylic acids is 1. The molecule has 4 atom stereocenters. The summed E-state index contributed by atoms with van der Waals surface area (Å²) in [5, 5.41) is 0. The molecule has 0 saturated heterocycles. The summed E-state index contributed by atoms with van der Waals surface area (Å²) in [5.74, 6) is 2.29. The predicted octanol–water partition coefficient (Wildman–Crippen LogP) is 5.48. The molecule has 2 saturated carbocycles. The Hall–Kier alpha value is -0.330. The van der Waals surface area contributed by atoms with Gasteiger partial charge in [0.2, 0.25) is 0 Å². The zero-order valence-corrected chi connectivity index (χ0v) is 14.5. The molecule has 0 amide bonds. The molecule has 0 aromatic rings.